The summed E-state index contributed by atoms with van der Waals surface area (Å²) in [7, 11) is 0. The molecule has 0 aromatic rings. The van der Waals surface area contributed by atoms with Crippen LogP contribution in [-0.2, 0) is 14.3 Å². The van der Waals surface area contributed by atoms with Crippen LogP contribution in [0.3, 0.4) is 0 Å². The van der Waals surface area contributed by atoms with Gasteiger partial charge in [0.2, 0.25) is 5.91 Å². The number of hydrogen-bond donors (Lipinski definition) is 4. The van der Waals surface area contributed by atoms with Crippen LogP contribution in [-0.4, -0.2) is 58.2 Å². The zero-order chi connectivity index (χ0) is 11.6. The lowest BCUT2D eigenvalue weighted by Crippen LogP contribution is -2.63. The molecule has 0 saturated carbocycles. The van der Waals surface area contributed by atoms with Gasteiger partial charge in [-0.1, -0.05) is 0 Å². The lowest BCUT2D eigenvalue weighted by atomic mass is 9.97. The first-order valence-corrected chi connectivity index (χ1v) is 4.39. The van der Waals surface area contributed by atoms with E-state index in [1.807, 2.05) is 0 Å². The number of rotatable bonds is 2. The molecule has 1 fully saturated rings. The van der Waals surface area contributed by atoms with E-state index in [1.165, 1.54) is 6.92 Å². The van der Waals surface area contributed by atoms with Crippen LogP contribution in [0.5, 0.6) is 0 Å². The van der Waals surface area contributed by atoms with E-state index < -0.39 is 36.6 Å². The Morgan fingerprint density at radius 2 is 1.93 bits per heavy atom. The molecule has 0 aromatic heterocycles. The molecule has 15 heavy (non-hydrogen) atoms. The second kappa shape index (κ2) is 4.67. The third-order valence-electron chi connectivity index (χ3n) is 2.16. The van der Waals surface area contributed by atoms with Gasteiger partial charge in [-0.15, -0.1) is 0 Å². The summed E-state index contributed by atoms with van der Waals surface area (Å²) in [5, 5.41) is 30.4. The number of aliphatic hydroxyl groups is 3. The van der Waals surface area contributed by atoms with Crippen molar-refractivity contribution >= 4 is 12.2 Å². The molecule has 1 heterocycles. The zero-order valence-corrected chi connectivity index (χ0v) is 8.03. The van der Waals surface area contributed by atoms with Crippen LogP contribution < -0.4 is 5.32 Å². The number of carbonyl (C=O) groups is 2. The average molecular weight is 219 g/mol. The summed E-state index contributed by atoms with van der Waals surface area (Å²) in [4.78, 5) is 21.1. The largest absolute Gasteiger partial charge is 0.388 e. The third-order valence-corrected chi connectivity index (χ3v) is 2.16. The van der Waals surface area contributed by atoms with Crippen molar-refractivity contribution in [3.63, 3.8) is 0 Å². The summed E-state index contributed by atoms with van der Waals surface area (Å²) < 4.78 is 4.69. The van der Waals surface area contributed by atoms with Crippen LogP contribution in [0.1, 0.15) is 6.92 Å². The van der Waals surface area contributed by atoms with Gasteiger partial charge in [0.25, 0.3) is 0 Å². The first-order valence-electron chi connectivity index (χ1n) is 4.39. The van der Waals surface area contributed by atoms with E-state index in [0.717, 1.165) is 0 Å². The summed E-state index contributed by atoms with van der Waals surface area (Å²) >= 11 is 0. The number of aldehydes is 1. The van der Waals surface area contributed by atoms with Crippen molar-refractivity contribution in [2.75, 3.05) is 0 Å². The minimum Gasteiger partial charge on any atom is -0.388 e. The van der Waals surface area contributed by atoms with Gasteiger partial charge in [0.1, 0.15) is 24.4 Å². The highest BCUT2D eigenvalue weighted by molar-refractivity contribution is 5.73. The van der Waals surface area contributed by atoms with Crippen LogP contribution in [0.15, 0.2) is 0 Å². The third kappa shape index (κ3) is 2.51. The molecule has 1 amide bonds. The second-order valence-electron chi connectivity index (χ2n) is 3.33. The van der Waals surface area contributed by atoms with Gasteiger partial charge in [0, 0.05) is 6.92 Å². The minimum absolute atomic E-state index is 0.279. The molecule has 0 bridgehead atoms. The molecular formula is C8H13NO6. The highest BCUT2D eigenvalue weighted by atomic mass is 16.6. The number of carbonyl (C=O) groups excluding carboxylic acids is 2. The molecular weight excluding hydrogens is 206 g/mol. The van der Waals surface area contributed by atoms with Gasteiger partial charge in [-0.05, 0) is 0 Å². The maximum atomic E-state index is 10.7. The summed E-state index contributed by atoms with van der Waals surface area (Å²) in [5.41, 5.74) is 0. The van der Waals surface area contributed by atoms with Gasteiger partial charge in [-0.2, -0.15) is 0 Å². The monoisotopic (exact) mass is 219 g/mol. The van der Waals surface area contributed by atoms with Crippen molar-refractivity contribution in [2.45, 2.75) is 37.6 Å². The van der Waals surface area contributed by atoms with Crippen LogP contribution in [0.25, 0.3) is 0 Å². The van der Waals surface area contributed by atoms with Gasteiger partial charge >= 0.3 is 0 Å². The Balaban J connectivity index is 2.74. The van der Waals surface area contributed by atoms with Gasteiger partial charge in [0.15, 0.2) is 12.6 Å². The maximum Gasteiger partial charge on any atom is 0.217 e. The molecule has 0 spiro atoms. The first kappa shape index (κ1) is 12.1. The van der Waals surface area contributed by atoms with E-state index >= 15 is 0 Å². The Labute approximate surface area is 85.7 Å². The topological polar surface area (TPSA) is 116 Å². The van der Waals surface area contributed by atoms with Gasteiger partial charge in [-0.25, -0.2) is 0 Å². The minimum atomic E-state index is -1.53. The molecule has 1 saturated heterocycles. The van der Waals surface area contributed by atoms with Crippen LogP contribution in [0.2, 0.25) is 0 Å². The van der Waals surface area contributed by atoms with E-state index in [0.29, 0.717) is 0 Å². The standard InChI is InChI=1S/C8H13NO6/c1-3(11)9-5-7(13)6(12)4(2-10)15-8(5)14/h2,4-8,12-14H,1H3,(H,9,11)/t4-,5-,6-,7-,8-/m1/s1. The molecule has 1 aliphatic heterocycles. The maximum absolute atomic E-state index is 10.7. The molecule has 0 aromatic carbocycles. The van der Waals surface area contributed by atoms with E-state index in [4.69, 9.17) is 4.74 Å². The lowest BCUT2D eigenvalue weighted by Gasteiger charge is -2.38. The smallest absolute Gasteiger partial charge is 0.217 e. The van der Waals surface area contributed by atoms with Crippen LogP contribution >= 0.6 is 0 Å². The Kier molecular flexibility index (Phi) is 3.75. The Bertz CT molecular complexity index is 258. The van der Waals surface area contributed by atoms with Gasteiger partial charge in [0.05, 0.1) is 0 Å². The molecule has 5 atom stereocenters. The fourth-order valence-corrected chi connectivity index (χ4v) is 1.41. The SMILES string of the molecule is CC(=O)N[C@@H]1[C@@H](O)[C@H](O)[C@@H](C=O)O[C@H]1O. The van der Waals surface area contributed by atoms with Crippen molar-refractivity contribution in [3.8, 4) is 0 Å². The van der Waals surface area contributed by atoms with E-state index in [-0.39, 0.29) is 6.29 Å². The molecule has 4 N–H and O–H groups in total. The predicted molar refractivity (Wildman–Crippen MR) is 46.6 cm³/mol. The van der Waals surface area contributed by atoms with Crippen LogP contribution in [0.4, 0.5) is 0 Å². The fraction of sp³-hybridized carbons (Fsp3) is 0.750. The van der Waals surface area contributed by atoms with Gasteiger partial charge in [-0.3, -0.25) is 4.79 Å². The molecule has 0 unspecified atom stereocenters. The zero-order valence-electron chi connectivity index (χ0n) is 8.03. The van der Waals surface area contributed by atoms with Crippen molar-refractivity contribution < 1.29 is 29.6 Å². The van der Waals surface area contributed by atoms with Gasteiger partial charge < -0.3 is 30.2 Å². The summed E-state index contributed by atoms with van der Waals surface area (Å²) in [5.74, 6) is -0.488. The second-order valence-corrected chi connectivity index (χ2v) is 3.33. The summed E-state index contributed by atoms with van der Waals surface area (Å²) in [6, 6.07) is -1.14. The predicted octanol–water partition coefficient (Wildman–Crippen LogP) is -2.87. The number of amides is 1. The Morgan fingerprint density at radius 1 is 1.33 bits per heavy atom. The fourth-order valence-electron chi connectivity index (χ4n) is 1.41. The van der Waals surface area contributed by atoms with E-state index in [9.17, 15) is 24.9 Å². The average Bonchev–Trinajstić information content (AvgIpc) is 2.18. The number of hydrogen-bond acceptors (Lipinski definition) is 6. The quantitative estimate of drug-likeness (QED) is 0.371. The van der Waals surface area contributed by atoms with Crippen LogP contribution in [0, 0.1) is 0 Å². The molecule has 7 nitrogen and oxygen atoms in total. The Hall–Kier alpha value is -1.02. The molecule has 0 aliphatic carbocycles. The number of nitrogens with one attached hydrogen (secondary N) is 1. The highest BCUT2D eigenvalue weighted by Crippen LogP contribution is 2.18. The molecule has 1 aliphatic rings. The molecule has 7 heteroatoms. The Morgan fingerprint density at radius 3 is 2.40 bits per heavy atom. The van der Waals surface area contributed by atoms with Crippen molar-refractivity contribution in [2.24, 2.45) is 0 Å². The number of aliphatic hydroxyl groups excluding tert-OH is 3. The normalized spacial score (nSPS) is 40.9. The summed E-state index contributed by atoms with van der Waals surface area (Å²) in [6.45, 7) is 1.19. The molecule has 86 valence electrons. The van der Waals surface area contributed by atoms with Crippen molar-refractivity contribution in [3.05, 3.63) is 0 Å². The summed E-state index contributed by atoms with van der Waals surface area (Å²) in [6.07, 6.45) is -5.46. The van der Waals surface area contributed by atoms with E-state index in [1.54, 1.807) is 0 Å². The van der Waals surface area contributed by atoms with E-state index in [2.05, 4.69) is 5.32 Å². The highest BCUT2D eigenvalue weighted by Gasteiger charge is 2.44. The van der Waals surface area contributed by atoms with Crippen molar-refractivity contribution in [1.29, 1.82) is 0 Å². The van der Waals surface area contributed by atoms with Crippen molar-refractivity contribution in [1.82, 2.24) is 5.32 Å². The molecule has 1 rings (SSSR count). The first-order chi connectivity index (χ1) is 6.97. The molecule has 0 radical (unpaired) electrons. The number of ether oxygens (including phenoxy) is 1. The lowest BCUT2D eigenvalue weighted by molar-refractivity contribution is -0.238.